The van der Waals surface area contributed by atoms with Gasteiger partial charge in [0.05, 0.1) is 12.0 Å². The van der Waals surface area contributed by atoms with Crippen molar-refractivity contribution in [3.63, 3.8) is 0 Å². The van der Waals surface area contributed by atoms with E-state index in [-0.39, 0.29) is 24.1 Å². The number of benzene rings is 1. The second-order valence-corrected chi connectivity index (χ2v) is 6.07. The van der Waals surface area contributed by atoms with Crippen molar-refractivity contribution in [2.24, 2.45) is 0 Å². The predicted molar refractivity (Wildman–Crippen MR) is 90.0 cm³/mol. The molecule has 3 N–H and O–H groups in total. The van der Waals surface area contributed by atoms with E-state index in [2.05, 4.69) is 15.3 Å². The van der Waals surface area contributed by atoms with Crippen molar-refractivity contribution in [2.45, 2.75) is 40.0 Å². The van der Waals surface area contributed by atoms with Crippen LogP contribution in [0.5, 0.6) is 0 Å². The Hall–Kier alpha value is -2.63. The SMILES string of the molecule is Cc1cc(C)cc(CC(=O)Nc2[nH]c(=O)[nH]c(=O)c2C(C)C)c1. The molecule has 0 unspecified atom stereocenters. The van der Waals surface area contributed by atoms with Crippen LogP contribution in [0, 0.1) is 13.8 Å². The van der Waals surface area contributed by atoms with Crippen LogP contribution in [-0.2, 0) is 11.2 Å². The van der Waals surface area contributed by atoms with E-state index in [9.17, 15) is 14.4 Å². The number of aryl methyl sites for hydroxylation is 2. The first-order chi connectivity index (χ1) is 10.8. The van der Waals surface area contributed by atoms with E-state index in [1.807, 2.05) is 45.9 Å². The highest BCUT2D eigenvalue weighted by atomic mass is 16.2. The lowest BCUT2D eigenvalue weighted by atomic mass is 10.0. The van der Waals surface area contributed by atoms with Gasteiger partial charge in [-0.05, 0) is 25.3 Å². The molecule has 0 saturated heterocycles. The number of anilines is 1. The summed E-state index contributed by atoms with van der Waals surface area (Å²) in [5.41, 5.74) is 2.30. The number of amides is 1. The number of hydrogen-bond acceptors (Lipinski definition) is 3. The van der Waals surface area contributed by atoms with Gasteiger partial charge in [0.1, 0.15) is 5.82 Å². The van der Waals surface area contributed by atoms with Crippen molar-refractivity contribution in [2.75, 3.05) is 5.32 Å². The standard InChI is InChI=1S/C17H21N3O3/c1-9(2)14-15(19-17(23)20-16(14)22)18-13(21)8-12-6-10(3)5-11(4)7-12/h5-7,9H,8H2,1-4H3,(H3,18,19,20,21,22,23). The Kier molecular flexibility index (Phi) is 4.83. The van der Waals surface area contributed by atoms with Crippen LogP contribution < -0.4 is 16.6 Å². The summed E-state index contributed by atoms with van der Waals surface area (Å²) >= 11 is 0. The van der Waals surface area contributed by atoms with Gasteiger partial charge in [-0.15, -0.1) is 0 Å². The minimum atomic E-state index is -0.638. The summed E-state index contributed by atoms with van der Waals surface area (Å²) in [6.45, 7) is 7.59. The van der Waals surface area contributed by atoms with Gasteiger partial charge in [0.2, 0.25) is 5.91 Å². The fourth-order valence-corrected chi connectivity index (χ4v) is 2.69. The highest BCUT2D eigenvalue weighted by Gasteiger charge is 2.15. The topological polar surface area (TPSA) is 94.8 Å². The minimum Gasteiger partial charge on any atom is -0.311 e. The summed E-state index contributed by atoms with van der Waals surface area (Å²) in [4.78, 5) is 40.3. The van der Waals surface area contributed by atoms with Gasteiger partial charge >= 0.3 is 5.69 Å². The van der Waals surface area contributed by atoms with E-state index in [0.717, 1.165) is 16.7 Å². The van der Waals surface area contributed by atoms with E-state index in [1.165, 1.54) is 0 Å². The van der Waals surface area contributed by atoms with Crippen LogP contribution in [0.15, 0.2) is 27.8 Å². The van der Waals surface area contributed by atoms with Gasteiger partial charge in [-0.2, -0.15) is 0 Å². The molecular weight excluding hydrogens is 294 g/mol. The van der Waals surface area contributed by atoms with E-state index in [0.29, 0.717) is 5.56 Å². The van der Waals surface area contributed by atoms with Gasteiger partial charge in [0.15, 0.2) is 0 Å². The molecule has 0 radical (unpaired) electrons. The summed E-state index contributed by atoms with van der Waals surface area (Å²) in [5.74, 6) is -0.242. The van der Waals surface area contributed by atoms with Gasteiger partial charge in [0.25, 0.3) is 5.56 Å². The third kappa shape index (κ3) is 4.18. The van der Waals surface area contributed by atoms with Crippen LogP contribution in [0.1, 0.15) is 42.0 Å². The molecule has 1 heterocycles. The quantitative estimate of drug-likeness (QED) is 0.805. The van der Waals surface area contributed by atoms with Gasteiger partial charge in [0, 0.05) is 0 Å². The van der Waals surface area contributed by atoms with E-state index in [1.54, 1.807) is 0 Å². The molecule has 2 aromatic rings. The highest BCUT2D eigenvalue weighted by molar-refractivity contribution is 5.92. The largest absolute Gasteiger partial charge is 0.327 e. The Bertz CT molecular complexity index is 827. The number of aromatic nitrogens is 2. The van der Waals surface area contributed by atoms with Crippen molar-refractivity contribution >= 4 is 11.7 Å². The summed E-state index contributed by atoms with van der Waals surface area (Å²) < 4.78 is 0. The number of carbonyl (C=O) groups is 1. The molecule has 0 atom stereocenters. The van der Waals surface area contributed by atoms with Gasteiger partial charge in [-0.3, -0.25) is 19.6 Å². The zero-order chi connectivity index (χ0) is 17.1. The van der Waals surface area contributed by atoms with Crippen molar-refractivity contribution in [3.8, 4) is 0 Å². The maximum atomic E-state index is 12.3. The summed E-state index contributed by atoms with van der Waals surface area (Å²) in [6.07, 6.45) is 0.175. The molecule has 0 aliphatic carbocycles. The lowest BCUT2D eigenvalue weighted by Gasteiger charge is -2.12. The predicted octanol–water partition coefficient (Wildman–Crippen LogP) is 1.98. The van der Waals surface area contributed by atoms with Crippen LogP contribution >= 0.6 is 0 Å². The number of hydrogen-bond donors (Lipinski definition) is 3. The van der Waals surface area contributed by atoms with Crippen LogP contribution in [0.4, 0.5) is 5.82 Å². The first-order valence-electron chi connectivity index (χ1n) is 7.49. The minimum absolute atomic E-state index is 0.132. The molecule has 0 saturated carbocycles. The molecule has 0 spiro atoms. The van der Waals surface area contributed by atoms with E-state index >= 15 is 0 Å². The molecule has 0 aliphatic heterocycles. The van der Waals surface area contributed by atoms with Crippen molar-refractivity contribution < 1.29 is 4.79 Å². The Morgan fingerprint density at radius 1 is 1.09 bits per heavy atom. The molecule has 6 nitrogen and oxygen atoms in total. The van der Waals surface area contributed by atoms with E-state index in [4.69, 9.17) is 0 Å². The van der Waals surface area contributed by atoms with Gasteiger partial charge < -0.3 is 5.32 Å². The average Bonchev–Trinajstić information content (AvgIpc) is 2.35. The molecule has 1 amide bonds. The molecule has 0 aliphatic rings. The maximum Gasteiger partial charge on any atom is 0.327 e. The number of carbonyl (C=O) groups excluding carboxylic acids is 1. The molecule has 1 aromatic carbocycles. The Morgan fingerprint density at radius 2 is 1.70 bits per heavy atom. The normalized spacial score (nSPS) is 10.8. The van der Waals surface area contributed by atoms with Crippen LogP contribution in [0.25, 0.3) is 0 Å². The second kappa shape index (κ2) is 6.64. The van der Waals surface area contributed by atoms with Crippen LogP contribution in [0.2, 0.25) is 0 Å². The molecule has 0 fully saturated rings. The maximum absolute atomic E-state index is 12.3. The molecule has 122 valence electrons. The number of H-pyrrole nitrogens is 2. The summed E-state index contributed by atoms with van der Waals surface area (Å²) in [7, 11) is 0. The lowest BCUT2D eigenvalue weighted by molar-refractivity contribution is -0.115. The Labute approximate surface area is 134 Å². The molecule has 6 heteroatoms. The molecule has 2 rings (SSSR count). The van der Waals surface area contributed by atoms with Crippen molar-refractivity contribution in [3.05, 3.63) is 61.3 Å². The Balaban J connectivity index is 2.27. The fourth-order valence-electron chi connectivity index (χ4n) is 2.69. The third-order valence-electron chi connectivity index (χ3n) is 3.47. The zero-order valence-electron chi connectivity index (χ0n) is 13.7. The molecule has 0 bridgehead atoms. The van der Waals surface area contributed by atoms with E-state index < -0.39 is 11.2 Å². The summed E-state index contributed by atoms with van der Waals surface area (Å²) in [5, 5.41) is 2.65. The highest BCUT2D eigenvalue weighted by Crippen LogP contribution is 2.17. The van der Waals surface area contributed by atoms with Crippen molar-refractivity contribution in [1.29, 1.82) is 0 Å². The number of rotatable bonds is 4. The van der Waals surface area contributed by atoms with Crippen LogP contribution in [-0.4, -0.2) is 15.9 Å². The first-order valence-corrected chi connectivity index (χ1v) is 7.49. The third-order valence-corrected chi connectivity index (χ3v) is 3.47. The zero-order valence-corrected chi connectivity index (χ0v) is 13.7. The second-order valence-electron chi connectivity index (χ2n) is 6.07. The van der Waals surface area contributed by atoms with Gasteiger partial charge in [-0.1, -0.05) is 43.2 Å². The molecular formula is C17H21N3O3. The lowest BCUT2D eigenvalue weighted by Crippen LogP contribution is -2.30. The smallest absolute Gasteiger partial charge is 0.311 e. The summed E-state index contributed by atoms with van der Waals surface area (Å²) in [6, 6.07) is 5.92. The average molecular weight is 315 g/mol. The first kappa shape index (κ1) is 16.7. The fraction of sp³-hybridized carbons (Fsp3) is 0.353. The number of nitrogens with one attached hydrogen (secondary N) is 3. The van der Waals surface area contributed by atoms with Crippen molar-refractivity contribution in [1.82, 2.24) is 9.97 Å². The van der Waals surface area contributed by atoms with Gasteiger partial charge in [-0.25, -0.2) is 4.79 Å². The number of aromatic amines is 2. The van der Waals surface area contributed by atoms with Crippen LogP contribution in [0.3, 0.4) is 0 Å². The molecule has 1 aromatic heterocycles. The molecule has 23 heavy (non-hydrogen) atoms. The monoisotopic (exact) mass is 315 g/mol. The Morgan fingerprint density at radius 3 is 2.26 bits per heavy atom.